The second-order valence-corrected chi connectivity index (χ2v) is 5.13. The first-order valence-corrected chi connectivity index (χ1v) is 6.51. The smallest absolute Gasteiger partial charge is 0.0755 e. The van der Waals surface area contributed by atoms with Crippen LogP contribution in [0.2, 0.25) is 5.02 Å². The lowest BCUT2D eigenvalue weighted by atomic mass is 9.98. The van der Waals surface area contributed by atoms with Crippen molar-refractivity contribution < 1.29 is 0 Å². The second kappa shape index (κ2) is 4.66. The number of hydrogen-bond acceptors (Lipinski definition) is 1. The molecule has 0 saturated heterocycles. The van der Waals surface area contributed by atoms with E-state index in [1.807, 2.05) is 0 Å². The molecule has 0 amide bonds. The summed E-state index contributed by atoms with van der Waals surface area (Å²) in [4.78, 5) is 4.79. The van der Waals surface area contributed by atoms with Gasteiger partial charge in [-0.05, 0) is 30.4 Å². The molecule has 1 aromatic heterocycles. The van der Waals surface area contributed by atoms with Gasteiger partial charge in [0.05, 0.1) is 10.5 Å². The Balaban J connectivity index is 2.86. The monoisotopic (exact) mass is 247 g/mol. The standard InChI is InChI=1S/C15H18ClN/c1-5-13-10(4)14(16)12-8-6-7-11(9(2)3)15(12)17-13/h6-9H,5H2,1-4H3. The molecule has 0 radical (unpaired) electrons. The van der Waals surface area contributed by atoms with Crippen LogP contribution < -0.4 is 0 Å². The summed E-state index contributed by atoms with van der Waals surface area (Å²) in [5.74, 6) is 0.467. The highest BCUT2D eigenvalue weighted by molar-refractivity contribution is 6.36. The molecule has 0 aliphatic heterocycles. The van der Waals surface area contributed by atoms with Crippen LogP contribution in [0, 0.1) is 6.92 Å². The minimum absolute atomic E-state index is 0.467. The predicted molar refractivity (Wildman–Crippen MR) is 75.0 cm³/mol. The zero-order chi connectivity index (χ0) is 12.6. The van der Waals surface area contributed by atoms with E-state index in [9.17, 15) is 0 Å². The van der Waals surface area contributed by atoms with Crippen LogP contribution in [0.4, 0.5) is 0 Å². The molecule has 1 nitrogen and oxygen atoms in total. The number of para-hydroxylation sites is 1. The maximum atomic E-state index is 6.45. The number of fused-ring (bicyclic) bond motifs is 1. The molecule has 2 aromatic rings. The van der Waals surface area contributed by atoms with Crippen molar-refractivity contribution in [1.29, 1.82) is 0 Å². The second-order valence-electron chi connectivity index (χ2n) is 4.75. The lowest BCUT2D eigenvalue weighted by Crippen LogP contribution is -1.99. The van der Waals surface area contributed by atoms with E-state index in [2.05, 4.69) is 45.9 Å². The van der Waals surface area contributed by atoms with E-state index in [0.29, 0.717) is 5.92 Å². The van der Waals surface area contributed by atoms with Crippen molar-refractivity contribution in [1.82, 2.24) is 4.98 Å². The van der Waals surface area contributed by atoms with Crippen LogP contribution in [0.15, 0.2) is 18.2 Å². The zero-order valence-corrected chi connectivity index (χ0v) is 11.6. The van der Waals surface area contributed by atoms with Crippen LogP contribution in [-0.4, -0.2) is 4.98 Å². The summed E-state index contributed by atoms with van der Waals surface area (Å²) in [6.45, 7) is 8.55. The summed E-state index contributed by atoms with van der Waals surface area (Å²) in [6.07, 6.45) is 0.925. The van der Waals surface area contributed by atoms with Gasteiger partial charge in [0.25, 0.3) is 0 Å². The van der Waals surface area contributed by atoms with Gasteiger partial charge in [0.1, 0.15) is 0 Å². The molecule has 17 heavy (non-hydrogen) atoms. The Hall–Kier alpha value is -1.08. The van der Waals surface area contributed by atoms with Gasteiger partial charge < -0.3 is 0 Å². The Bertz CT molecular complexity index is 558. The van der Waals surface area contributed by atoms with Gasteiger partial charge in [-0.2, -0.15) is 0 Å². The fourth-order valence-electron chi connectivity index (χ4n) is 2.22. The summed E-state index contributed by atoms with van der Waals surface area (Å²) >= 11 is 6.45. The number of nitrogens with zero attached hydrogens (tertiary/aromatic N) is 1. The number of rotatable bonds is 2. The summed E-state index contributed by atoms with van der Waals surface area (Å²) in [5, 5.41) is 1.93. The van der Waals surface area contributed by atoms with Gasteiger partial charge in [-0.25, -0.2) is 0 Å². The van der Waals surface area contributed by atoms with Crippen molar-refractivity contribution >= 4 is 22.5 Å². The molecule has 0 N–H and O–H groups in total. The molecule has 0 saturated carbocycles. The minimum atomic E-state index is 0.467. The Labute approximate surface area is 108 Å². The first-order chi connectivity index (χ1) is 8.06. The lowest BCUT2D eigenvalue weighted by Gasteiger charge is -2.13. The quantitative estimate of drug-likeness (QED) is 0.737. The van der Waals surface area contributed by atoms with Gasteiger partial charge in [0.15, 0.2) is 0 Å². The number of halogens is 1. The fourth-order valence-corrected chi connectivity index (χ4v) is 2.48. The van der Waals surface area contributed by atoms with E-state index in [-0.39, 0.29) is 0 Å². The molecule has 0 unspecified atom stereocenters. The van der Waals surface area contributed by atoms with Gasteiger partial charge in [-0.3, -0.25) is 4.98 Å². The highest BCUT2D eigenvalue weighted by Gasteiger charge is 2.13. The topological polar surface area (TPSA) is 12.9 Å². The Morgan fingerprint density at radius 1 is 1.29 bits per heavy atom. The summed E-state index contributed by atoms with van der Waals surface area (Å²) < 4.78 is 0. The third-order valence-electron chi connectivity index (χ3n) is 3.27. The van der Waals surface area contributed by atoms with Gasteiger partial charge in [0.2, 0.25) is 0 Å². The molecule has 0 fully saturated rings. The number of hydrogen-bond donors (Lipinski definition) is 0. The molecule has 0 aliphatic carbocycles. The van der Waals surface area contributed by atoms with Crippen LogP contribution in [0.1, 0.15) is 43.5 Å². The van der Waals surface area contributed by atoms with Gasteiger partial charge in [-0.1, -0.05) is 50.6 Å². The normalized spacial score (nSPS) is 11.4. The van der Waals surface area contributed by atoms with Crippen LogP contribution in [0.3, 0.4) is 0 Å². The highest BCUT2D eigenvalue weighted by Crippen LogP contribution is 2.32. The zero-order valence-electron chi connectivity index (χ0n) is 10.8. The Morgan fingerprint density at radius 2 is 2.00 bits per heavy atom. The largest absolute Gasteiger partial charge is 0.252 e. The van der Waals surface area contributed by atoms with Gasteiger partial charge in [-0.15, -0.1) is 0 Å². The van der Waals surface area contributed by atoms with Crippen LogP contribution >= 0.6 is 11.6 Å². The first kappa shape index (κ1) is 12.4. The summed E-state index contributed by atoms with van der Waals surface area (Å²) in [6, 6.07) is 6.27. The predicted octanol–water partition coefficient (Wildman–Crippen LogP) is 4.88. The summed E-state index contributed by atoms with van der Waals surface area (Å²) in [5.41, 5.74) is 4.56. The molecule has 90 valence electrons. The van der Waals surface area contributed by atoms with Crippen molar-refractivity contribution in [2.24, 2.45) is 0 Å². The Kier molecular flexibility index (Phi) is 3.39. The molecular weight excluding hydrogens is 230 g/mol. The number of pyridine rings is 1. The van der Waals surface area contributed by atoms with E-state index in [1.165, 1.54) is 5.56 Å². The fraction of sp³-hybridized carbons (Fsp3) is 0.400. The molecular formula is C15H18ClN. The number of benzene rings is 1. The van der Waals surface area contributed by atoms with Crippen LogP contribution in [-0.2, 0) is 6.42 Å². The average Bonchev–Trinajstić information content (AvgIpc) is 2.32. The molecule has 2 heteroatoms. The van der Waals surface area contributed by atoms with Crippen molar-refractivity contribution in [2.75, 3.05) is 0 Å². The van der Waals surface area contributed by atoms with E-state index in [4.69, 9.17) is 16.6 Å². The van der Waals surface area contributed by atoms with E-state index < -0.39 is 0 Å². The molecule has 1 aromatic carbocycles. The Morgan fingerprint density at radius 3 is 2.59 bits per heavy atom. The molecule has 0 spiro atoms. The van der Waals surface area contributed by atoms with Crippen LogP contribution in [0.5, 0.6) is 0 Å². The highest BCUT2D eigenvalue weighted by atomic mass is 35.5. The third-order valence-corrected chi connectivity index (χ3v) is 3.76. The number of aromatic nitrogens is 1. The van der Waals surface area contributed by atoms with Crippen molar-refractivity contribution in [3.05, 3.63) is 40.0 Å². The maximum Gasteiger partial charge on any atom is 0.0755 e. The summed E-state index contributed by atoms with van der Waals surface area (Å²) in [7, 11) is 0. The lowest BCUT2D eigenvalue weighted by molar-refractivity contribution is 0.870. The molecule has 2 rings (SSSR count). The van der Waals surface area contributed by atoms with Crippen molar-refractivity contribution in [2.45, 2.75) is 40.0 Å². The average molecular weight is 248 g/mol. The van der Waals surface area contributed by atoms with Gasteiger partial charge >= 0.3 is 0 Å². The number of aryl methyl sites for hydroxylation is 1. The first-order valence-electron chi connectivity index (χ1n) is 6.13. The van der Waals surface area contributed by atoms with E-state index in [1.54, 1.807) is 0 Å². The van der Waals surface area contributed by atoms with Crippen molar-refractivity contribution in [3.63, 3.8) is 0 Å². The third kappa shape index (κ3) is 2.04. The SMILES string of the molecule is CCc1nc2c(C(C)C)cccc2c(Cl)c1C. The van der Waals surface area contributed by atoms with Crippen LogP contribution in [0.25, 0.3) is 10.9 Å². The van der Waals surface area contributed by atoms with E-state index >= 15 is 0 Å². The van der Waals surface area contributed by atoms with E-state index in [0.717, 1.165) is 33.6 Å². The molecule has 0 aliphatic rings. The molecule has 0 bridgehead atoms. The molecule has 0 atom stereocenters. The minimum Gasteiger partial charge on any atom is -0.252 e. The van der Waals surface area contributed by atoms with Crippen molar-refractivity contribution in [3.8, 4) is 0 Å². The maximum absolute atomic E-state index is 6.45. The van der Waals surface area contributed by atoms with Gasteiger partial charge in [0, 0.05) is 11.1 Å². The molecule has 1 heterocycles.